The average molecular weight is 289 g/mol. The van der Waals surface area contributed by atoms with Crippen LogP contribution in [0.5, 0.6) is 0 Å². The van der Waals surface area contributed by atoms with Crippen molar-refractivity contribution < 1.29 is 9.84 Å². The van der Waals surface area contributed by atoms with Crippen LogP contribution in [0.1, 0.15) is 52.9 Å². The maximum atomic E-state index is 9.50. The molecule has 19 heavy (non-hydrogen) atoms. The Morgan fingerprint density at radius 1 is 1.42 bits per heavy atom. The molecule has 0 aromatic rings. The van der Waals surface area contributed by atoms with Crippen LogP contribution >= 0.6 is 11.8 Å². The summed E-state index contributed by atoms with van der Waals surface area (Å²) in [6.45, 7) is 7.55. The summed E-state index contributed by atoms with van der Waals surface area (Å²) in [7, 11) is 0. The van der Waals surface area contributed by atoms with E-state index in [2.05, 4.69) is 26.1 Å². The summed E-state index contributed by atoms with van der Waals surface area (Å²) in [4.78, 5) is 0. The first-order valence-corrected chi connectivity index (χ1v) is 8.79. The minimum Gasteiger partial charge on any atom is -0.394 e. The fraction of sp³-hybridized carbons (Fsp3) is 1.00. The SMILES string of the molecule is CC(C)NC(C)(CO)CCCCSCC1CCCO1. The summed E-state index contributed by atoms with van der Waals surface area (Å²) < 4.78 is 5.61. The van der Waals surface area contributed by atoms with Gasteiger partial charge in [-0.05, 0) is 38.4 Å². The average Bonchev–Trinajstić information content (AvgIpc) is 2.86. The third-order valence-corrected chi connectivity index (χ3v) is 4.77. The molecule has 1 saturated heterocycles. The zero-order valence-corrected chi connectivity index (χ0v) is 13.6. The van der Waals surface area contributed by atoms with Gasteiger partial charge in [0, 0.05) is 23.9 Å². The minimum atomic E-state index is -0.118. The lowest BCUT2D eigenvalue weighted by atomic mass is 9.95. The lowest BCUT2D eigenvalue weighted by Crippen LogP contribution is -2.49. The number of aliphatic hydroxyl groups excluding tert-OH is 1. The lowest BCUT2D eigenvalue weighted by Gasteiger charge is -2.31. The predicted octanol–water partition coefficient (Wildman–Crippen LogP) is 2.82. The van der Waals surface area contributed by atoms with Gasteiger partial charge in [-0.1, -0.05) is 20.3 Å². The van der Waals surface area contributed by atoms with E-state index >= 15 is 0 Å². The van der Waals surface area contributed by atoms with Gasteiger partial charge in [-0.2, -0.15) is 11.8 Å². The molecule has 0 spiro atoms. The fourth-order valence-electron chi connectivity index (χ4n) is 2.60. The molecular weight excluding hydrogens is 258 g/mol. The normalized spacial score (nSPS) is 22.9. The van der Waals surface area contributed by atoms with Crippen molar-refractivity contribution in [1.29, 1.82) is 0 Å². The molecule has 1 aliphatic rings. The number of thioether (sulfide) groups is 1. The van der Waals surface area contributed by atoms with Gasteiger partial charge in [0.05, 0.1) is 12.7 Å². The second-order valence-electron chi connectivity index (χ2n) is 6.18. The van der Waals surface area contributed by atoms with E-state index in [1.54, 1.807) is 0 Å². The number of hydrogen-bond acceptors (Lipinski definition) is 4. The number of rotatable bonds is 10. The van der Waals surface area contributed by atoms with Gasteiger partial charge in [0.1, 0.15) is 0 Å². The van der Waals surface area contributed by atoms with E-state index in [9.17, 15) is 5.11 Å². The third-order valence-electron chi connectivity index (χ3n) is 3.58. The molecule has 1 heterocycles. The molecule has 0 aliphatic carbocycles. The molecule has 0 bridgehead atoms. The first-order chi connectivity index (χ1) is 9.06. The lowest BCUT2D eigenvalue weighted by molar-refractivity contribution is 0.129. The minimum absolute atomic E-state index is 0.118. The molecule has 0 aromatic carbocycles. The van der Waals surface area contributed by atoms with Crippen molar-refractivity contribution in [2.45, 2.75) is 70.6 Å². The van der Waals surface area contributed by atoms with Crippen molar-refractivity contribution in [1.82, 2.24) is 5.32 Å². The largest absolute Gasteiger partial charge is 0.394 e. The summed E-state index contributed by atoms with van der Waals surface area (Å²) in [5, 5.41) is 13.0. The Morgan fingerprint density at radius 3 is 2.79 bits per heavy atom. The molecule has 0 amide bonds. The molecule has 1 rings (SSSR count). The topological polar surface area (TPSA) is 41.5 Å². The van der Waals surface area contributed by atoms with Crippen molar-refractivity contribution in [3.8, 4) is 0 Å². The summed E-state index contributed by atoms with van der Waals surface area (Å²) in [5.41, 5.74) is -0.118. The molecule has 0 radical (unpaired) electrons. The third kappa shape index (κ3) is 7.54. The molecule has 2 N–H and O–H groups in total. The van der Waals surface area contributed by atoms with Crippen molar-refractivity contribution in [3.63, 3.8) is 0 Å². The maximum Gasteiger partial charge on any atom is 0.0666 e. The molecule has 2 unspecified atom stereocenters. The molecule has 1 fully saturated rings. The number of aliphatic hydroxyl groups is 1. The van der Waals surface area contributed by atoms with E-state index in [1.165, 1.54) is 31.4 Å². The van der Waals surface area contributed by atoms with Gasteiger partial charge >= 0.3 is 0 Å². The quantitative estimate of drug-likeness (QED) is 0.607. The zero-order valence-electron chi connectivity index (χ0n) is 12.8. The molecule has 4 heteroatoms. The molecule has 0 saturated carbocycles. The predicted molar refractivity (Wildman–Crippen MR) is 83.9 cm³/mol. The van der Waals surface area contributed by atoms with Gasteiger partial charge in [0.15, 0.2) is 0 Å². The second kappa shape index (κ2) is 9.22. The van der Waals surface area contributed by atoms with E-state index < -0.39 is 0 Å². The monoisotopic (exact) mass is 289 g/mol. The van der Waals surface area contributed by atoms with Gasteiger partial charge in [0.2, 0.25) is 0 Å². The summed E-state index contributed by atoms with van der Waals surface area (Å²) in [6.07, 6.45) is 6.44. The second-order valence-corrected chi connectivity index (χ2v) is 7.33. The van der Waals surface area contributed by atoms with E-state index in [0.717, 1.165) is 18.8 Å². The van der Waals surface area contributed by atoms with Crippen LogP contribution in [0, 0.1) is 0 Å². The Labute approximate surface area is 122 Å². The van der Waals surface area contributed by atoms with Crippen LogP contribution in [-0.2, 0) is 4.74 Å². The standard InChI is InChI=1S/C15H31NO2S/c1-13(2)16-15(3,12-17)8-4-5-10-19-11-14-7-6-9-18-14/h13-14,16-17H,4-12H2,1-3H3. The van der Waals surface area contributed by atoms with Crippen molar-refractivity contribution >= 4 is 11.8 Å². The van der Waals surface area contributed by atoms with Crippen molar-refractivity contribution in [2.24, 2.45) is 0 Å². The first kappa shape index (κ1) is 17.3. The highest BCUT2D eigenvalue weighted by molar-refractivity contribution is 7.99. The van der Waals surface area contributed by atoms with E-state index in [4.69, 9.17) is 4.74 Å². The molecular formula is C15H31NO2S. The van der Waals surface area contributed by atoms with Gasteiger partial charge in [0.25, 0.3) is 0 Å². The van der Waals surface area contributed by atoms with E-state index in [-0.39, 0.29) is 12.1 Å². The van der Waals surface area contributed by atoms with Gasteiger partial charge in [-0.3, -0.25) is 0 Å². The number of unbranched alkanes of at least 4 members (excludes halogenated alkanes) is 1. The molecule has 3 nitrogen and oxygen atoms in total. The Hall–Kier alpha value is 0.230. The molecule has 0 aromatic heterocycles. The van der Waals surface area contributed by atoms with Crippen LogP contribution in [0.3, 0.4) is 0 Å². The van der Waals surface area contributed by atoms with Crippen LogP contribution in [0.4, 0.5) is 0 Å². The molecule has 114 valence electrons. The molecule has 2 atom stereocenters. The summed E-state index contributed by atoms with van der Waals surface area (Å²) in [6, 6.07) is 0.422. The van der Waals surface area contributed by atoms with Crippen LogP contribution in [0.15, 0.2) is 0 Å². The van der Waals surface area contributed by atoms with Crippen LogP contribution < -0.4 is 5.32 Å². The van der Waals surface area contributed by atoms with Gasteiger partial charge < -0.3 is 15.2 Å². The number of hydrogen-bond donors (Lipinski definition) is 2. The smallest absolute Gasteiger partial charge is 0.0666 e. The maximum absolute atomic E-state index is 9.50. The number of ether oxygens (including phenoxy) is 1. The van der Waals surface area contributed by atoms with Gasteiger partial charge in [-0.15, -0.1) is 0 Å². The van der Waals surface area contributed by atoms with Crippen LogP contribution in [-0.4, -0.2) is 47.5 Å². The summed E-state index contributed by atoms with van der Waals surface area (Å²) >= 11 is 2.01. The highest BCUT2D eigenvalue weighted by Crippen LogP contribution is 2.19. The first-order valence-electron chi connectivity index (χ1n) is 7.63. The Balaban J connectivity index is 2.01. The molecule has 1 aliphatic heterocycles. The highest BCUT2D eigenvalue weighted by Gasteiger charge is 2.23. The van der Waals surface area contributed by atoms with Gasteiger partial charge in [-0.25, -0.2) is 0 Å². The van der Waals surface area contributed by atoms with E-state index in [1.807, 2.05) is 11.8 Å². The van der Waals surface area contributed by atoms with Crippen molar-refractivity contribution in [3.05, 3.63) is 0 Å². The summed E-state index contributed by atoms with van der Waals surface area (Å²) in [5.74, 6) is 2.37. The van der Waals surface area contributed by atoms with Crippen molar-refractivity contribution in [2.75, 3.05) is 24.7 Å². The van der Waals surface area contributed by atoms with E-state index in [0.29, 0.717) is 12.1 Å². The zero-order chi connectivity index (χ0) is 14.1. The Bertz CT molecular complexity index is 232. The number of nitrogens with one attached hydrogen (secondary N) is 1. The Kier molecular flexibility index (Phi) is 8.38. The highest BCUT2D eigenvalue weighted by atomic mass is 32.2. The fourth-order valence-corrected chi connectivity index (χ4v) is 3.70. The Morgan fingerprint density at radius 2 is 2.21 bits per heavy atom. The van der Waals surface area contributed by atoms with Crippen LogP contribution in [0.2, 0.25) is 0 Å². The van der Waals surface area contributed by atoms with Crippen LogP contribution in [0.25, 0.3) is 0 Å².